The molecule has 0 heterocycles. The van der Waals surface area contributed by atoms with Crippen molar-refractivity contribution in [3.05, 3.63) is 29.8 Å². The molecular weight excluding hydrogens is 296 g/mol. The third-order valence-corrected chi connectivity index (χ3v) is 5.93. The van der Waals surface area contributed by atoms with Crippen LogP contribution in [0.2, 0.25) is 0 Å². The lowest BCUT2D eigenvalue weighted by molar-refractivity contribution is 0.104. The Morgan fingerprint density at radius 3 is 2.36 bits per heavy atom. The Balaban J connectivity index is 2.11. The van der Waals surface area contributed by atoms with Crippen LogP contribution in [0.1, 0.15) is 63.9 Å². The van der Waals surface area contributed by atoms with E-state index in [0.29, 0.717) is 5.92 Å². The molecule has 1 aromatic rings. The van der Waals surface area contributed by atoms with E-state index in [4.69, 9.17) is 4.18 Å². The number of unbranched alkanes of at least 4 members (excludes halogenated alkanes) is 1. The fraction of sp³-hybridized carbons (Fsp3) is 0.667. The molecule has 0 saturated heterocycles. The minimum absolute atomic E-state index is 0.161. The molecule has 0 bridgehead atoms. The molecule has 4 heteroatoms. The highest BCUT2D eigenvalue weighted by molar-refractivity contribution is 7.86. The molecule has 0 radical (unpaired) electrons. The Labute approximate surface area is 135 Å². The van der Waals surface area contributed by atoms with Crippen molar-refractivity contribution >= 4 is 10.1 Å². The molecule has 1 saturated carbocycles. The molecule has 2 rings (SSSR count). The molecule has 1 aliphatic rings. The third kappa shape index (κ3) is 4.82. The predicted molar refractivity (Wildman–Crippen MR) is 89.3 cm³/mol. The Hall–Kier alpha value is -0.870. The Morgan fingerprint density at radius 1 is 1.14 bits per heavy atom. The van der Waals surface area contributed by atoms with Crippen molar-refractivity contribution < 1.29 is 12.6 Å². The topological polar surface area (TPSA) is 43.4 Å². The lowest BCUT2D eigenvalue weighted by Gasteiger charge is -2.29. The van der Waals surface area contributed by atoms with Gasteiger partial charge in [0, 0.05) is 0 Å². The monoisotopic (exact) mass is 324 g/mol. The molecule has 1 aliphatic carbocycles. The van der Waals surface area contributed by atoms with Crippen molar-refractivity contribution in [2.45, 2.75) is 76.2 Å². The molecule has 1 fully saturated rings. The standard InChI is InChI=1S/C18H28O3S/c1-3-4-10-18(16-8-6-5-7-9-16)21-22(19,20)17-13-11-15(2)12-14-17/h11-14,16,18H,3-10H2,1-2H3. The van der Waals surface area contributed by atoms with Crippen LogP contribution in [0.15, 0.2) is 29.2 Å². The van der Waals surface area contributed by atoms with Gasteiger partial charge in [0.15, 0.2) is 0 Å². The summed E-state index contributed by atoms with van der Waals surface area (Å²) in [5.74, 6) is 0.389. The first kappa shape index (κ1) is 17.5. The highest BCUT2D eigenvalue weighted by Crippen LogP contribution is 2.32. The van der Waals surface area contributed by atoms with Gasteiger partial charge in [-0.2, -0.15) is 8.42 Å². The van der Waals surface area contributed by atoms with Crippen LogP contribution in [0.3, 0.4) is 0 Å². The largest absolute Gasteiger partial charge is 0.297 e. The molecule has 0 amide bonds. The number of hydrogen-bond acceptors (Lipinski definition) is 3. The Morgan fingerprint density at radius 2 is 1.77 bits per heavy atom. The number of benzene rings is 1. The van der Waals surface area contributed by atoms with E-state index in [9.17, 15) is 8.42 Å². The lowest BCUT2D eigenvalue weighted by atomic mass is 9.84. The molecule has 22 heavy (non-hydrogen) atoms. The van der Waals surface area contributed by atoms with Gasteiger partial charge in [-0.25, -0.2) is 0 Å². The summed E-state index contributed by atoms with van der Waals surface area (Å²) in [6.07, 6.45) is 8.61. The van der Waals surface area contributed by atoms with Crippen molar-refractivity contribution in [1.29, 1.82) is 0 Å². The van der Waals surface area contributed by atoms with E-state index >= 15 is 0 Å². The SMILES string of the molecule is CCCCC(OS(=O)(=O)c1ccc(C)cc1)C1CCCCC1. The summed E-state index contributed by atoms with van der Waals surface area (Å²) in [5, 5.41) is 0. The summed E-state index contributed by atoms with van der Waals surface area (Å²) >= 11 is 0. The van der Waals surface area contributed by atoms with Gasteiger partial charge in [-0.1, -0.05) is 56.7 Å². The molecule has 0 N–H and O–H groups in total. The van der Waals surface area contributed by atoms with Crippen LogP contribution in [0.25, 0.3) is 0 Å². The second-order valence-electron chi connectivity index (χ2n) is 6.44. The summed E-state index contributed by atoms with van der Waals surface area (Å²) in [7, 11) is -3.66. The van der Waals surface area contributed by atoms with Gasteiger partial charge >= 0.3 is 0 Å². The third-order valence-electron chi connectivity index (χ3n) is 4.58. The van der Waals surface area contributed by atoms with Crippen LogP contribution in [-0.4, -0.2) is 14.5 Å². The van der Waals surface area contributed by atoms with Crippen molar-refractivity contribution in [2.24, 2.45) is 5.92 Å². The van der Waals surface area contributed by atoms with Crippen molar-refractivity contribution in [2.75, 3.05) is 0 Å². The van der Waals surface area contributed by atoms with Crippen molar-refractivity contribution in [3.8, 4) is 0 Å². The molecule has 3 nitrogen and oxygen atoms in total. The van der Waals surface area contributed by atoms with Crippen LogP contribution in [0.4, 0.5) is 0 Å². The van der Waals surface area contributed by atoms with Gasteiger partial charge in [-0.15, -0.1) is 0 Å². The minimum Gasteiger partial charge on any atom is -0.263 e. The Kier molecular flexibility index (Phi) is 6.45. The molecule has 0 aromatic heterocycles. The van der Waals surface area contributed by atoms with Crippen LogP contribution < -0.4 is 0 Å². The predicted octanol–water partition coefficient (Wildman–Crippen LogP) is 4.84. The van der Waals surface area contributed by atoms with E-state index < -0.39 is 10.1 Å². The number of rotatable bonds is 7. The van der Waals surface area contributed by atoms with Crippen LogP contribution >= 0.6 is 0 Å². The first-order valence-corrected chi connectivity index (χ1v) is 9.93. The summed E-state index contributed by atoms with van der Waals surface area (Å²) in [5.41, 5.74) is 1.05. The second kappa shape index (κ2) is 8.11. The quantitative estimate of drug-likeness (QED) is 0.674. The number of hydrogen-bond donors (Lipinski definition) is 0. The maximum absolute atomic E-state index is 12.5. The summed E-state index contributed by atoms with van der Waals surface area (Å²) in [6, 6.07) is 6.92. The van der Waals surface area contributed by atoms with E-state index in [1.165, 1.54) is 19.3 Å². The maximum Gasteiger partial charge on any atom is 0.297 e. The minimum atomic E-state index is -3.66. The lowest BCUT2D eigenvalue weighted by Crippen LogP contribution is -2.29. The van der Waals surface area contributed by atoms with Gasteiger partial charge in [0.2, 0.25) is 0 Å². The molecule has 0 spiro atoms. The number of aryl methyl sites for hydroxylation is 1. The summed E-state index contributed by atoms with van der Waals surface area (Å²) in [4.78, 5) is 0.274. The normalized spacial score (nSPS) is 18.3. The first-order valence-electron chi connectivity index (χ1n) is 8.53. The average Bonchev–Trinajstić information content (AvgIpc) is 2.52. The molecule has 1 aromatic carbocycles. The summed E-state index contributed by atoms with van der Waals surface area (Å²) < 4.78 is 30.8. The van der Waals surface area contributed by atoms with Gasteiger partial charge in [-0.3, -0.25) is 4.18 Å². The van der Waals surface area contributed by atoms with Crippen molar-refractivity contribution in [3.63, 3.8) is 0 Å². The highest BCUT2D eigenvalue weighted by atomic mass is 32.2. The van der Waals surface area contributed by atoms with Crippen LogP contribution in [-0.2, 0) is 14.3 Å². The van der Waals surface area contributed by atoms with E-state index in [1.54, 1.807) is 12.1 Å². The molecule has 1 unspecified atom stereocenters. The van der Waals surface area contributed by atoms with Gasteiger partial charge in [0.1, 0.15) is 0 Å². The fourth-order valence-corrected chi connectivity index (χ4v) is 4.36. The zero-order chi connectivity index (χ0) is 16.0. The van der Waals surface area contributed by atoms with Crippen LogP contribution in [0, 0.1) is 12.8 Å². The molecule has 0 aliphatic heterocycles. The highest BCUT2D eigenvalue weighted by Gasteiger charge is 2.29. The smallest absolute Gasteiger partial charge is 0.263 e. The van der Waals surface area contributed by atoms with Crippen LogP contribution in [0.5, 0.6) is 0 Å². The maximum atomic E-state index is 12.5. The first-order chi connectivity index (χ1) is 10.5. The summed E-state index contributed by atoms with van der Waals surface area (Å²) in [6.45, 7) is 4.08. The fourth-order valence-electron chi connectivity index (χ4n) is 3.20. The zero-order valence-electron chi connectivity index (χ0n) is 13.8. The van der Waals surface area contributed by atoms with Gasteiger partial charge in [-0.05, 0) is 44.2 Å². The molecule has 124 valence electrons. The van der Waals surface area contributed by atoms with E-state index in [2.05, 4.69) is 6.92 Å². The van der Waals surface area contributed by atoms with E-state index in [-0.39, 0.29) is 11.0 Å². The van der Waals surface area contributed by atoms with E-state index in [0.717, 1.165) is 37.7 Å². The van der Waals surface area contributed by atoms with Crippen molar-refractivity contribution in [1.82, 2.24) is 0 Å². The van der Waals surface area contributed by atoms with Gasteiger partial charge in [0.05, 0.1) is 11.0 Å². The second-order valence-corrected chi connectivity index (χ2v) is 8.01. The average molecular weight is 324 g/mol. The molecular formula is C18H28O3S. The van der Waals surface area contributed by atoms with Gasteiger partial charge < -0.3 is 0 Å². The molecule has 1 atom stereocenters. The van der Waals surface area contributed by atoms with E-state index in [1.807, 2.05) is 19.1 Å². The Bertz CT molecular complexity index is 542. The van der Waals surface area contributed by atoms with Gasteiger partial charge in [0.25, 0.3) is 10.1 Å². The zero-order valence-corrected chi connectivity index (χ0v) is 14.6.